The van der Waals surface area contributed by atoms with Crippen LogP contribution in [-0.4, -0.2) is 37.4 Å². The standard InChI is InChI=1S/C26H24N4OS/c1-19(25(31)29-17-16-20-10-8-9-13-22(20)18-29)32-26-28-27-24(21-11-4-2-5-12-21)30(26)23-14-6-3-7-15-23/h2-15,19H,16-18H2,1H3. The average Bonchev–Trinajstić information content (AvgIpc) is 3.27. The fourth-order valence-corrected chi connectivity index (χ4v) is 5.03. The van der Waals surface area contributed by atoms with Crippen molar-refractivity contribution in [1.82, 2.24) is 19.7 Å². The summed E-state index contributed by atoms with van der Waals surface area (Å²) in [4.78, 5) is 15.2. The zero-order valence-electron chi connectivity index (χ0n) is 17.9. The summed E-state index contributed by atoms with van der Waals surface area (Å²) in [6.07, 6.45) is 0.900. The van der Waals surface area contributed by atoms with Crippen LogP contribution in [0.4, 0.5) is 0 Å². The van der Waals surface area contributed by atoms with E-state index in [4.69, 9.17) is 0 Å². The molecule has 2 heterocycles. The molecule has 1 aliphatic rings. The minimum atomic E-state index is -0.268. The second-order valence-electron chi connectivity index (χ2n) is 7.88. The van der Waals surface area contributed by atoms with Crippen molar-refractivity contribution in [2.24, 2.45) is 0 Å². The maximum absolute atomic E-state index is 13.3. The molecule has 1 aromatic heterocycles. The van der Waals surface area contributed by atoms with Crippen LogP contribution in [-0.2, 0) is 17.8 Å². The minimum absolute atomic E-state index is 0.133. The molecule has 0 aliphatic carbocycles. The van der Waals surface area contributed by atoms with E-state index in [1.165, 1.54) is 22.9 Å². The number of para-hydroxylation sites is 1. The van der Waals surface area contributed by atoms with Crippen molar-refractivity contribution >= 4 is 17.7 Å². The van der Waals surface area contributed by atoms with Gasteiger partial charge in [0, 0.05) is 24.3 Å². The SMILES string of the molecule is CC(Sc1nnc(-c2ccccc2)n1-c1ccccc1)C(=O)N1CCc2ccccc2C1. The third-order valence-corrected chi connectivity index (χ3v) is 6.78. The second-order valence-corrected chi connectivity index (χ2v) is 9.19. The lowest BCUT2D eigenvalue weighted by Gasteiger charge is -2.30. The van der Waals surface area contributed by atoms with Crippen molar-refractivity contribution in [1.29, 1.82) is 0 Å². The van der Waals surface area contributed by atoms with Crippen LogP contribution in [0.1, 0.15) is 18.1 Å². The number of carbonyl (C=O) groups is 1. The summed E-state index contributed by atoms with van der Waals surface area (Å²) in [5.41, 5.74) is 4.55. The Kier molecular flexibility index (Phi) is 5.77. The van der Waals surface area contributed by atoms with Gasteiger partial charge in [0.05, 0.1) is 5.25 Å². The molecular weight excluding hydrogens is 416 g/mol. The third-order valence-electron chi connectivity index (χ3n) is 5.75. The molecule has 1 atom stereocenters. The monoisotopic (exact) mass is 440 g/mol. The van der Waals surface area contributed by atoms with Gasteiger partial charge in [-0.05, 0) is 36.6 Å². The number of amides is 1. The predicted molar refractivity (Wildman–Crippen MR) is 128 cm³/mol. The largest absolute Gasteiger partial charge is 0.337 e. The van der Waals surface area contributed by atoms with E-state index in [0.29, 0.717) is 11.7 Å². The van der Waals surface area contributed by atoms with E-state index in [1.807, 2.05) is 83.1 Å². The smallest absolute Gasteiger partial charge is 0.236 e. The van der Waals surface area contributed by atoms with Gasteiger partial charge in [-0.3, -0.25) is 9.36 Å². The Morgan fingerprint density at radius 2 is 1.53 bits per heavy atom. The first-order chi connectivity index (χ1) is 15.7. The summed E-state index contributed by atoms with van der Waals surface area (Å²) in [6.45, 7) is 3.38. The number of aromatic nitrogens is 3. The van der Waals surface area contributed by atoms with Crippen molar-refractivity contribution < 1.29 is 4.79 Å². The van der Waals surface area contributed by atoms with Crippen molar-refractivity contribution in [3.63, 3.8) is 0 Å². The van der Waals surface area contributed by atoms with Gasteiger partial charge < -0.3 is 4.90 Å². The summed E-state index contributed by atoms with van der Waals surface area (Å²) >= 11 is 1.46. The molecule has 4 aromatic rings. The number of carbonyl (C=O) groups excluding carboxylic acids is 1. The first-order valence-electron chi connectivity index (χ1n) is 10.8. The Bertz CT molecular complexity index is 1220. The summed E-state index contributed by atoms with van der Waals surface area (Å²) in [7, 11) is 0. The first kappa shape index (κ1) is 20.5. The van der Waals surface area contributed by atoms with Crippen LogP contribution >= 0.6 is 11.8 Å². The van der Waals surface area contributed by atoms with E-state index in [-0.39, 0.29) is 11.2 Å². The molecule has 0 spiro atoms. The molecule has 6 heteroatoms. The van der Waals surface area contributed by atoms with Crippen LogP contribution in [0.3, 0.4) is 0 Å². The van der Waals surface area contributed by atoms with Gasteiger partial charge in [0.15, 0.2) is 11.0 Å². The van der Waals surface area contributed by atoms with E-state index >= 15 is 0 Å². The Morgan fingerprint density at radius 1 is 0.875 bits per heavy atom. The third kappa shape index (κ3) is 4.06. The Morgan fingerprint density at radius 3 is 2.28 bits per heavy atom. The highest BCUT2D eigenvalue weighted by atomic mass is 32.2. The highest BCUT2D eigenvalue weighted by molar-refractivity contribution is 8.00. The number of hydrogen-bond acceptors (Lipinski definition) is 4. The molecular formula is C26H24N4OS. The molecule has 32 heavy (non-hydrogen) atoms. The Labute approximate surface area is 192 Å². The van der Waals surface area contributed by atoms with Crippen molar-refractivity contribution in [3.05, 3.63) is 96.1 Å². The minimum Gasteiger partial charge on any atom is -0.337 e. The number of fused-ring (bicyclic) bond motifs is 1. The van der Waals surface area contributed by atoms with Gasteiger partial charge in [-0.1, -0.05) is 84.6 Å². The van der Waals surface area contributed by atoms with E-state index in [1.54, 1.807) is 0 Å². The first-order valence-corrected chi connectivity index (χ1v) is 11.7. The molecule has 5 nitrogen and oxygen atoms in total. The molecule has 0 radical (unpaired) electrons. The van der Waals surface area contributed by atoms with Gasteiger partial charge in [0.25, 0.3) is 0 Å². The second kappa shape index (κ2) is 9.01. The normalized spacial score (nSPS) is 14.1. The van der Waals surface area contributed by atoms with Crippen LogP contribution in [0.25, 0.3) is 17.1 Å². The molecule has 0 saturated heterocycles. The highest BCUT2D eigenvalue weighted by Gasteiger charge is 2.27. The Hall–Kier alpha value is -3.38. The van der Waals surface area contributed by atoms with Gasteiger partial charge in [0.1, 0.15) is 0 Å². The van der Waals surface area contributed by atoms with Crippen molar-refractivity contribution in [3.8, 4) is 17.1 Å². The number of benzene rings is 3. The Balaban J connectivity index is 1.42. The summed E-state index contributed by atoms with van der Waals surface area (Å²) < 4.78 is 2.04. The fourth-order valence-electron chi connectivity index (χ4n) is 4.08. The highest BCUT2D eigenvalue weighted by Crippen LogP contribution is 2.31. The fraction of sp³-hybridized carbons (Fsp3) is 0.192. The number of thioether (sulfide) groups is 1. The molecule has 1 unspecified atom stereocenters. The van der Waals surface area contributed by atoms with Crippen LogP contribution in [0.15, 0.2) is 90.1 Å². The molecule has 0 fully saturated rings. The average molecular weight is 441 g/mol. The lowest BCUT2D eigenvalue weighted by molar-refractivity contribution is -0.131. The maximum Gasteiger partial charge on any atom is 0.236 e. The molecule has 0 N–H and O–H groups in total. The van der Waals surface area contributed by atoms with Gasteiger partial charge in [-0.15, -0.1) is 10.2 Å². The number of nitrogens with zero attached hydrogens (tertiary/aromatic N) is 4. The predicted octanol–water partition coefficient (Wildman–Crippen LogP) is 5.00. The van der Waals surface area contributed by atoms with Crippen molar-refractivity contribution in [2.75, 3.05) is 6.54 Å². The zero-order chi connectivity index (χ0) is 21.9. The lowest BCUT2D eigenvalue weighted by Crippen LogP contribution is -2.40. The van der Waals surface area contributed by atoms with E-state index in [2.05, 4.69) is 28.4 Å². The van der Waals surface area contributed by atoms with Crippen LogP contribution < -0.4 is 0 Å². The van der Waals surface area contributed by atoms with E-state index in [9.17, 15) is 4.79 Å². The molecule has 3 aromatic carbocycles. The topological polar surface area (TPSA) is 51.0 Å². The van der Waals surface area contributed by atoms with Gasteiger partial charge in [-0.2, -0.15) is 0 Å². The number of hydrogen-bond donors (Lipinski definition) is 0. The van der Waals surface area contributed by atoms with Crippen LogP contribution in [0.5, 0.6) is 0 Å². The van der Waals surface area contributed by atoms with Crippen LogP contribution in [0, 0.1) is 0 Å². The quantitative estimate of drug-likeness (QED) is 0.410. The van der Waals surface area contributed by atoms with Gasteiger partial charge in [0.2, 0.25) is 5.91 Å². The van der Waals surface area contributed by atoms with Gasteiger partial charge in [-0.25, -0.2) is 0 Å². The summed E-state index contributed by atoms with van der Waals surface area (Å²) in [5.74, 6) is 0.902. The molecule has 0 saturated carbocycles. The molecule has 1 amide bonds. The maximum atomic E-state index is 13.3. The van der Waals surface area contributed by atoms with Crippen molar-refractivity contribution in [2.45, 2.75) is 30.3 Å². The van der Waals surface area contributed by atoms with E-state index < -0.39 is 0 Å². The zero-order valence-corrected chi connectivity index (χ0v) is 18.7. The molecule has 160 valence electrons. The van der Waals surface area contributed by atoms with E-state index in [0.717, 1.165) is 30.0 Å². The summed E-state index contributed by atoms with van der Waals surface area (Å²) in [5, 5.41) is 9.41. The molecule has 0 bridgehead atoms. The van der Waals surface area contributed by atoms with Gasteiger partial charge >= 0.3 is 0 Å². The lowest BCUT2D eigenvalue weighted by atomic mass is 10.00. The summed E-state index contributed by atoms with van der Waals surface area (Å²) in [6, 6.07) is 28.5. The number of rotatable bonds is 5. The van der Waals surface area contributed by atoms with Crippen LogP contribution in [0.2, 0.25) is 0 Å². The molecule has 1 aliphatic heterocycles. The molecule has 5 rings (SSSR count).